The summed E-state index contributed by atoms with van der Waals surface area (Å²) in [6.07, 6.45) is 0.130. The van der Waals surface area contributed by atoms with Gasteiger partial charge in [-0.3, -0.25) is 19.2 Å². The van der Waals surface area contributed by atoms with Crippen molar-refractivity contribution in [1.29, 1.82) is 0 Å². The monoisotopic (exact) mass is 274 g/mol. The summed E-state index contributed by atoms with van der Waals surface area (Å²) in [7, 11) is 0. The van der Waals surface area contributed by atoms with Gasteiger partial charge in [0.1, 0.15) is 11.6 Å². The molecule has 0 aliphatic carbocycles. The van der Waals surface area contributed by atoms with Gasteiger partial charge in [-0.05, 0) is 25.8 Å². The van der Waals surface area contributed by atoms with Crippen molar-refractivity contribution < 1.29 is 19.2 Å². The van der Waals surface area contributed by atoms with E-state index in [1.165, 1.54) is 19.9 Å². The molecule has 0 aromatic heterocycles. The number of hydrogen-bond donors (Lipinski definition) is 0. The molecule has 1 rings (SSSR count). The first-order chi connectivity index (χ1) is 9.36. The second-order valence-electron chi connectivity index (χ2n) is 4.80. The third-order valence-corrected chi connectivity index (χ3v) is 2.93. The number of ketones is 4. The summed E-state index contributed by atoms with van der Waals surface area (Å²) >= 11 is 0. The van der Waals surface area contributed by atoms with Crippen molar-refractivity contribution >= 4 is 23.1 Å². The van der Waals surface area contributed by atoms with Crippen LogP contribution in [0.2, 0.25) is 0 Å². The Hall–Kier alpha value is -2.10. The number of Topliss-reactive ketones (excluding diaryl/α,β-unsaturated/α-hetero) is 4. The van der Waals surface area contributed by atoms with Crippen molar-refractivity contribution in [3.8, 4) is 0 Å². The summed E-state index contributed by atoms with van der Waals surface area (Å²) in [5.74, 6) is -1.23. The number of carbonyl (C=O) groups is 4. The highest BCUT2D eigenvalue weighted by atomic mass is 16.2. The Labute approximate surface area is 118 Å². The Morgan fingerprint density at radius 1 is 0.900 bits per heavy atom. The molecule has 4 nitrogen and oxygen atoms in total. The van der Waals surface area contributed by atoms with Crippen LogP contribution in [0.4, 0.5) is 0 Å². The first kappa shape index (κ1) is 16.0. The van der Waals surface area contributed by atoms with Gasteiger partial charge in [-0.1, -0.05) is 25.1 Å². The molecule has 0 atom stereocenters. The minimum absolute atomic E-state index is 0.225. The molecule has 0 saturated heterocycles. The molecule has 0 N–H and O–H groups in total. The highest BCUT2D eigenvalue weighted by Crippen LogP contribution is 2.20. The summed E-state index contributed by atoms with van der Waals surface area (Å²) in [4.78, 5) is 46.5. The van der Waals surface area contributed by atoms with Crippen LogP contribution in [0.25, 0.3) is 0 Å². The number of rotatable bonds is 7. The maximum Gasteiger partial charge on any atom is 0.171 e. The molecule has 20 heavy (non-hydrogen) atoms. The molecule has 0 aliphatic rings. The smallest absolute Gasteiger partial charge is 0.171 e. The van der Waals surface area contributed by atoms with Gasteiger partial charge in [0.2, 0.25) is 0 Å². The summed E-state index contributed by atoms with van der Waals surface area (Å²) in [5.41, 5.74) is 1.26. The van der Waals surface area contributed by atoms with Gasteiger partial charge in [-0.2, -0.15) is 0 Å². The predicted octanol–water partition coefficient (Wildman–Crippen LogP) is 2.57. The van der Waals surface area contributed by atoms with Crippen LogP contribution in [0.5, 0.6) is 0 Å². The SMILES string of the molecule is CCc1cccc(C(=O)CC(C)=O)c1C(=O)CC(C)=O. The summed E-state index contributed by atoms with van der Waals surface area (Å²) < 4.78 is 0. The molecule has 0 heterocycles. The Morgan fingerprint density at radius 2 is 1.45 bits per heavy atom. The van der Waals surface area contributed by atoms with Gasteiger partial charge in [0.15, 0.2) is 11.6 Å². The fourth-order valence-corrected chi connectivity index (χ4v) is 2.09. The van der Waals surface area contributed by atoms with Crippen LogP contribution in [0.1, 0.15) is 59.9 Å². The normalized spacial score (nSPS) is 10.2. The highest BCUT2D eigenvalue weighted by molar-refractivity contribution is 6.17. The van der Waals surface area contributed by atoms with Gasteiger partial charge >= 0.3 is 0 Å². The van der Waals surface area contributed by atoms with E-state index in [2.05, 4.69) is 0 Å². The molecule has 0 saturated carbocycles. The van der Waals surface area contributed by atoms with Gasteiger partial charge in [0.25, 0.3) is 0 Å². The molecular weight excluding hydrogens is 256 g/mol. The van der Waals surface area contributed by atoms with Crippen LogP contribution < -0.4 is 0 Å². The lowest BCUT2D eigenvalue weighted by Crippen LogP contribution is -2.15. The lowest BCUT2D eigenvalue weighted by Gasteiger charge is -2.11. The summed E-state index contributed by atoms with van der Waals surface area (Å²) in [6, 6.07) is 4.99. The van der Waals surface area contributed by atoms with Crippen LogP contribution in [-0.4, -0.2) is 23.1 Å². The predicted molar refractivity (Wildman–Crippen MR) is 75.1 cm³/mol. The van der Waals surface area contributed by atoms with E-state index >= 15 is 0 Å². The van der Waals surface area contributed by atoms with Crippen molar-refractivity contribution in [3.63, 3.8) is 0 Å². The Balaban J connectivity index is 3.30. The third-order valence-electron chi connectivity index (χ3n) is 2.93. The third kappa shape index (κ3) is 3.95. The van der Waals surface area contributed by atoms with Gasteiger partial charge in [-0.15, -0.1) is 0 Å². The molecule has 0 bridgehead atoms. The van der Waals surface area contributed by atoms with E-state index in [-0.39, 0.29) is 47.1 Å². The topological polar surface area (TPSA) is 68.3 Å². The fourth-order valence-electron chi connectivity index (χ4n) is 2.09. The van der Waals surface area contributed by atoms with Crippen molar-refractivity contribution in [2.45, 2.75) is 40.0 Å². The number of benzene rings is 1. The number of aryl methyl sites for hydroxylation is 1. The lowest BCUT2D eigenvalue weighted by molar-refractivity contribution is -0.117. The van der Waals surface area contributed by atoms with E-state index in [0.29, 0.717) is 6.42 Å². The van der Waals surface area contributed by atoms with E-state index < -0.39 is 0 Å². The molecule has 1 aromatic rings. The molecule has 0 unspecified atom stereocenters. The standard InChI is InChI=1S/C16H18O4/c1-4-12-6-5-7-13(14(19)8-10(2)17)16(12)15(20)9-11(3)18/h5-7H,4,8-9H2,1-3H3. The highest BCUT2D eigenvalue weighted by Gasteiger charge is 2.21. The minimum atomic E-state index is -0.375. The van der Waals surface area contributed by atoms with E-state index in [9.17, 15) is 19.2 Å². The molecule has 0 radical (unpaired) electrons. The largest absolute Gasteiger partial charge is 0.300 e. The van der Waals surface area contributed by atoms with E-state index in [0.717, 1.165) is 5.56 Å². The zero-order valence-electron chi connectivity index (χ0n) is 12.0. The summed E-state index contributed by atoms with van der Waals surface area (Å²) in [5, 5.41) is 0. The van der Waals surface area contributed by atoms with Crippen molar-refractivity contribution in [1.82, 2.24) is 0 Å². The fraction of sp³-hybridized carbons (Fsp3) is 0.375. The Bertz CT molecular complexity index is 570. The van der Waals surface area contributed by atoms with Gasteiger partial charge in [0.05, 0.1) is 12.8 Å². The van der Waals surface area contributed by atoms with Crippen LogP contribution in [0, 0.1) is 0 Å². The Kier molecular flexibility index (Phi) is 5.50. The molecule has 1 aromatic carbocycles. The minimum Gasteiger partial charge on any atom is -0.300 e. The van der Waals surface area contributed by atoms with Gasteiger partial charge in [-0.25, -0.2) is 0 Å². The molecule has 0 aliphatic heterocycles. The molecular formula is C16H18O4. The number of hydrogen-bond acceptors (Lipinski definition) is 4. The maximum absolute atomic E-state index is 12.2. The van der Waals surface area contributed by atoms with Crippen LogP contribution in [0.15, 0.2) is 18.2 Å². The zero-order valence-corrected chi connectivity index (χ0v) is 12.0. The average molecular weight is 274 g/mol. The van der Waals surface area contributed by atoms with E-state index in [1.54, 1.807) is 12.1 Å². The molecule has 4 heteroatoms. The quantitative estimate of drug-likeness (QED) is 0.566. The molecule has 0 fully saturated rings. The van der Waals surface area contributed by atoms with Crippen molar-refractivity contribution in [2.75, 3.05) is 0 Å². The van der Waals surface area contributed by atoms with Gasteiger partial charge < -0.3 is 0 Å². The zero-order chi connectivity index (χ0) is 15.3. The van der Waals surface area contributed by atoms with Crippen LogP contribution >= 0.6 is 0 Å². The second-order valence-corrected chi connectivity index (χ2v) is 4.80. The van der Waals surface area contributed by atoms with E-state index in [4.69, 9.17) is 0 Å². The first-order valence-electron chi connectivity index (χ1n) is 6.54. The van der Waals surface area contributed by atoms with Crippen molar-refractivity contribution in [3.05, 3.63) is 34.9 Å². The molecule has 0 amide bonds. The number of carbonyl (C=O) groups excluding carboxylic acids is 4. The average Bonchev–Trinajstić information content (AvgIpc) is 2.35. The first-order valence-corrected chi connectivity index (χ1v) is 6.54. The second kappa shape index (κ2) is 6.89. The summed E-state index contributed by atoms with van der Waals surface area (Å²) in [6.45, 7) is 4.54. The molecule has 106 valence electrons. The van der Waals surface area contributed by atoms with E-state index in [1.807, 2.05) is 6.92 Å². The van der Waals surface area contributed by atoms with Gasteiger partial charge in [0, 0.05) is 11.1 Å². The maximum atomic E-state index is 12.2. The van der Waals surface area contributed by atoms with Crippen LogP contribution in [0.3, 0.4) is 0 Å². The van der Waals surface area contributed by atoms with Crippen LogP contribution in [-0.2, 0) is 16.0 Å². The van der Waals surface area contributed by atoms with Crippen molar-refractivity contribution in [2.24, 2.45) is 0 Å². The molecule has 0 spiro atoms. The Morgan fingerprint density at radius 3 is 1.95 bits per heavy atom. The lowest BCUT2D eigenvalue weighted by atomic mass is 9.90.